The van der Waals surface area contributed by atoms with Gasteiger partial charge in [0, 0.05) is 15.5 Å². The number of fused-ring (bicyclic) bond motifs is 1. The molecule has 3 rings (SSSR count). The molecular formula is C14H15NO2S3. The molecule has 0 amide bonds. The summed E-state index contributed by atoms with van der Waals surface area (Å²) in [6.07, 6.45) is 1.15. The number of hydrogen-bond donors (Lipinski definition) is 1. The second kappa shape index (κ2) is 5.42. The van der Waals surface area contributed by atoms with Gasteiger partial charge in [0.15, 0.2) is 0 Å². The predicted octanol–water partition coefficient (Wildman–Crippen LogP) is 3.94. The highest BCUT2D eigenvalue weighted by atomic mass is 32.2. The van der Waals surface area contributed by atoms with Crippen LogP contribution < -0.4 is 5.73 Å². The smallest absolute Gasteiger partial charge is 0.350 e. The van der Waals surface area contributed by atoms with Crippen LogP contribution in [0.15, 0.2) is 6.07 Å². The Morgan fingerprint density at radius 1 is 1.40 bits per heavy atom. The third-order valence-corrected chi connectivity index (χ3v) is 7.13. The van der Waals surface area contributed by atoms with Gasteiger partial charge in [-0.15, -0.1) is 22.7 Å². The average Bonchev–Trinajstić information content (AvgIpc) is 3.01. The molecule has 0 fully saturated rings. The number of nitrogens with two attached hydrogens (primary N) is 1. The second-order valence-corrected chi connectivity index (χ2v) is 7.91. The van der Waals surface area contributed by atoms with Gasteiger partial charge in [0.1, 0.15) is 4.88 Å². The van der Waals surface area contributed by atoms with Crippen molar-refractivity contribution in [1.82, 2.24) is 0 Å². The quantitative estimate of drug-likeness (QED) is 0.850. The average molecular weight is 325 g/mol. The van der Waals surface area contributed by atoms with Crippen molar-refractivity contribution in [1.29, 1.82) is 0 Å². The van der Waals surface area contributed by atoms with Crippen LogP contribution in [0.5, 0.6) is 0 Å². The van der Waals surface area contributed by atoms with E-state index in [1.807, 2.05) is 30.0 Å². The molecule has 0 spiro atoms. The topological polar surface area (TPSA) is 52.3 Å². The van der Waals surface area contributed by atoms with Gasteiger partial charge in [-0.2, -0.15) is 11.8 Å². The third-order valence-electron chi connectivity index (χ3n) is 3.42. The fourth-order valence-electron chi connectivity index (χ4n) is 2.26. The Hall–Kier alpha value is -0.980. The van der Waals surface area contributed by atoms with Gasteiger partial charge in [0.25, 0.3) is 0 Å². The Morgan fingerprint density at radius 3 is 2.90 bits per heavy atom. The lowest BCUT2D eigenvalue weighted by Crippen LogP contribution is -2.01. The Morgan fingerprint density at radius 2 is 2.20 bits per heavy atom. The SMILES string of the molecule is COC(=O)c1sc(-c2cc3c(s2)CCSC3)c(C)c1N. The van der Waals surface area contributed by atoms with Gasteiger partial charge in [0.05, 0.1) is 17.7 Å². The molecule has 0 saturated heterocycles. The molecule has 2 N–H and O–H groups in total. The zero-order valence-corrected chi connectivity index (χ0v) is 13.8. The van der Waals surface area contributed by atoms with E-state index in [2.05, 4.69) is 6.07 Å². The largest absolute Gasteiger partial charge is 0.465 e. The van der Waals surface area contributed by atoms with Crippen LogP contribution in [0, 0.1) is 6.92 Å². The van der Waals surface area contributed by atoms with E-state index in [0.717, 1.165) is 22.6 Å². The van der Waals surface area contributed by atoms with Crippen molar-refractivity contribution in [3.05, 3.63) is 26.9 Å². The normalized spacial score (nSPS) is 14.1. The van der Waals surface area contributed by atoms with Gasteiger partial charge >= 0.3 is 5.97 Å². The fraction of sp³-hybridized carbons (Fsp3) is 0.357. The second-order valence-electron chi connectivity index (χ2n) is 4.65. The van der Waals surface area contributed by atoms with Gasteiger partial charge in [0.2, 0.25) is 0 Å². The van der Waals surface area contributed by atoms with E-state index in [0.29, 0.717) is 10.6 Å². The Bertz CT molecular complexity index is 649. The molecule has 0 radical (unpaired) electrons. The number of methoxy groups -OCH3 is 1. The summed E-state index contributed by atoms with van der Waals surface area (Å²) in [6, 6.07) is 2.26. The van der Waals surface area contributed by atoms with Gasteiger partial charge in [-0.25, -0.2) is 4.79 Å². The molecule has 6 heteroatoms. The van der Waals surface area contributed by atoms with Gasteiger partial charge in [-0.3, -0.25) is 0 Å². The molecule has 0 atom stereocenters. The maximum Gasteiger partial charge on any atom is 0.350 e. The Labute approximate surface area is 130 Å². The van der Waals surface area contributed by atoms with Crippen LogP contribution in [0.1, 0.15) is 25.7 Å². The number of ether oxygens (including phenoxy) is 1. The number of thiophene rings is 2. The number of rotatable bonds is 2. The molecule has 2 aromatic rings. The summed E-state index contributed by atoms with van der Waals surface area (Å²) < 4.78 is 4.79. The van der Waals surface area contributed by atoms with E-state index in [9.17, 15) is 4.79 Å². The van der Waals surface area contributed by atoms with Gasteiger partial charge in [-0.05, 0) is 36.3 Å². The lowest BCUT2D eigenvalue weighted by atomic mass is 10.2. The molecule has 3 nitrogen and oxygen atoms in total. The van der Waals surface area contributed by atoms with Crippen LogP contribution in [0.4, 0.5) is 5.69 Å². The molecule has 0 unspecified atom stereocenters. The molecule has 0 bridgehead atoms. The van der Waals surface area contributed by atoms with Crippen molar-refractivity contribution in [3.63, 3.8) is 0 Å². The lowest BCUT2D eigenvalue weighted by molar-refractivity contribution is 0.0607. The summed E-state index contributed by atoms with van der Waals surface area (Å²) in [5.41, 5.74) is 9.03. The Balaban J connectivity index is 2.06. The van der Waals surface area contributed by atoms with E-state index < -0.39 is 0 Å². The first-order chi connectivity index (χ1) is 9.61. The molecule has 3 heterocycles. The monoisotopic (exact) mass is 325 g/mol. The molecule has 106 valence electrons. The van der Waals surface area contributed by atoms with E-state index in [-0.39, 0.29) is 5.97 Å². The summed E-state index contributed by atoms with van der Waals surface area (Å²) in [5.74, 6) is 1.94. The Kier molecular flexibility index (Phi) is 3.79. The summed E-state index contributed by atoms with van der Waals surface area (Å²) in [7, 11) is 1.39. The summed E-state index contributed by atoms with van der Waals surface area (Å²) in [6.45, 7) is 1.97. The lowest BCUT2D eigenvalue weighted by Gasteiger charge is -2.08. The van der Waals surface area contributed by atoms with E-state index in [1.54, 1.807) is 0 Å². The van der Waals surface area contributed by atoms with E-state index in [4.69, 9.17) is 10.5 Å². The van der Waals surface area contributed by atoms with Crippen molar-refractivity contribution in [2.24, 2.45) is 0 Å². The van der Waals surface area contributed by atoms with Crippen molar-refractivity contribution < 1.29 is 9.53 Å². The fourth-order valence-corrected chi connectivity index (χ4v) is 5.94. The van der Waals surface area contributed by atoms with Crippen molar-refractivity contribution in [2.75, 3.05) is 18.6 Å². The van der Waals surface area contributed by atoms with Crippen LogP contribution in [0.3, 0.4) is 0 Å². The minimum absolute atomic E-state index is 0.348. The van der Waals surface area contributed by atoms with Gasteiger partial charge < -0.3 is 10.5 Å². The van der Waals surface area contributed by atoms with Crippen LogP contribution in [0.25, 0.3) is 9.75 Å². The summed E-state index contributed by atoms with van der Waals surface area (Å²) in [4.78, 5) is 16.1. The molecule has 0 aromatic carbocycles. The zero-order chi connectivity index (χ0) is 14.3. The van der Waals surface area contributed by atoms with Crippen LogP contribution in [0.2, 0.25) is 0 Å². The number of hydrogen-bond acceptors (Lipinski definition) is 6. The predicted molar refractivity (Wildman–Crippen MR) is 88.0 cm³/mol. The number of carbonyl (C=O) groups is 1. The molecule has 1 aliphatic heterocycles. The zero-order valence-electron chi connectivity index (χ0n) is 11.3. The van der Waals surface area contributed by atoms with Crippen molar-refractivity contribution in [2.45, 2.75) is 19.1 Å². The number of anilines is 1. The number of nitrogen functional groups attached to an aromatic ring is 1. The molecule has 20 heavy (non-hydrogen) atoms. The van der Waals surface area contributed by atoms with Crippen LogP contribution in [-0.2, 0) is 16.9 Å². The number of thioether (sulfide) groups is 1. The van der Waals surface area contributed by atoms with Crippen LogP contribution in [-0.4, -0.2) is 18.8 Å². The maximum absolute atomic E-state index is 11.7. The minimum atomic E-state index is -0.348. The first-order valence-electron chi connectivity index (χ1n) is 6.28. The summed E-state index contributed by atoms with van der Waals surface area (Å²) >= 11 is 5.25. The first-order valence-corrected chi connectivity index (χ1v) is 9.07. The minimum Gasteiger partial charge on any atom is -0.465 e. The van der Waals surface area contributed by atoms with E-state index >= 15 is 0 Å². The highest BCUT2D eigenvalue weighted by molar-refractivity contribution is 7.98. The van der Waals surface area contributed by atoms with E-state index in [1.165, 1.54) is 39.5 Å². The third kappa shape index (κ3) is 2.25. The van der Waals surface area contributed by atoms with Gasteiger partial charge in [-0.1, -0.05) is 0 Å². The standard InChI is InChI=1S/C14H15NO2S3/c1-7-11(15)13(14(16)17-2)20-12(7)10-5-8-6-18-4-3-9(8)19-10/h5H,3-4,6,15H2,1-2H3. The molecule has 2 aromatic heterocycles. The molecule has 1 aliphatic rings. The number of carbonyl (C=O) groups excluding carboxylic acids is 1. The van der Waals surface area contributed by atoms with Crippen molar-refractivity contribution in [3.8, 4) is 9.75 Å². The number of aryl methyl sites for hydroxylation is 1. The van der Waals surface area contributed by atoms with Crippen molar-refractivity contribution >= 4 is 46.1 Å². The highest BCUT2D eigenvalue weighted by Gasteiger charge is 2.22. The number of esters is 1. The molecular weight excluding hydrogens is 310 g/mol. The molecule has 0 aliphatic carbocycles. The highest BCUT2D eigenvalue weighted by Crippen LogP contribution is 2.44. The van der Waals surface area contributed by atoms with Crippen LogP contribution >= 0.6 is 34.4 Å². The molecule has 0 saturated carbocycles. The summed E-state index contributed by atoms with van der Waals surface area (Å²) in [5, 5.41) is 0. The first kappa shape index (κ1) is 14.0. The maximum atomic E-state index is 11.7.